The molecule has 0 fully saturated rings. The van der Waals surface area contributed by atoms with Crippen LogP contribution in [0.1, 0.15) is 29.8 Å². The summed E-state index contributed by atoms with van der Waals surface area (Å²) in [5.74, 6) is -3.27. The third-order valence-electron chi connectivity index (χ3n) is 2.90. The van der Waals surface area contributed by atoms with E-state index in [1.165, 1.54) is 0 Å². The topological polar surface area (TPSA) is 116 Å². The Morgan fingerprint density at radius 2 is 1.75 bits per heavy atom. The highest BCUT2D eigenvalue weighted by Gasteiger charge is 2.33. The largest absolute Gasteiger partial charge is 0.479 e. The minimum atomic E-state index is -4.75. The minimum Gasteiger partial charge on any atom is -0.479 e. The zero-order valence-corrected chi connectivity index (χ0v) is 12.7. The zero-order valence-electron chi connectivity index (χ0n) is 12.7. The van der Waals surface area contributed by atoms with Crippen molar-refractivity contribution in [3.05, 3.63) is 29.3 Å². The number of alkyl halides is 3. The Morgan fingerprint density at radius 1 is 1.17 bits per heavy atom. The zero-order chi connectivity index (χ0) is 18.7. The first-order valence-electron chi connectivity index (χ1n) is 6.57. The highest BCUT2D eigenvalue weighted by molar-refractivity contribution is 5.97. The van der Waals surface area contributed by atoms with E-state index in [2.05, 4.69) is 5.32 Å². The normalized spacial score (nSPS) is 13.8. The molecule has 0 aliphatic heterocycles. The molecule has 10 heteroatoms. The number of amides is 2. The van der Waals surface area contributed by atoms with Gasteiger partial charge in [-0.15, -0.1) is 0 Å². The monoisotopic (exact) mass is 348 g/mol. The number of aliphatic carboxylic acids is 1. The molecule has 0 saturated heterocycles. The van der Waals surface area contributed by atoms with Crippen LogP contribution in [0.4, 0.5) is 18.9 Å². The van der Waals surface area contributed by atoms with Gasteiger partial charge in [0.2, 0.25) is 5.91 Å². The average Bonchev–Trinajstić information content (AvgIpc) is 2.42. The molecular formula is C14H15F3N2O5. The number of carboxylic acid groups (broad SMARTS) is 1. The van der Waals surface area contributed by atoms with Gasteiger partial charge in [0.15, 0.2) is 5.60 Å². The molecule has 0 spiro atoms. The van der Waals surface area contributed by atoms with Crippen LogP contribution >= 0.6 is 0 Å². The fraction of sp³-hybridized carbons (Fsp3) is 0.357. The van der Waals surface area contributed by atoms with Crippen LogP contribution < -0.4 is 10.6 Å². The Labute approximate surface area is 134 Å². The molecule has 7 nitrogen and oxygen atoms in total. The maximum absolute atomic E-state index is 12.9. The number of hydrogen-bond donors (Lipinski definition) is 4. The number of aliphatic hydroxyl groups is 1. The lowest BCUT2D eigenvalue weighted by Gasteiger charge is -2.19. The summed E-state index contributed by atoms with van der Waals surface area (Å²) >= 11 is 0. The number of carboxylic acids is 1. The summed E-state index contributed by atoms with van der Waals surface area (Å²) in [7, 11) is 0. The average molecular weight is 348 g/mol. The molecule has 0 heterocycles. The van der Waals surface area contributed by atoms with Crippen LogP contribution in [0, 0.1) is 0 Å². The second-order valence-electron chi connectivity index (χ2n) is 5.24. The highest BCUT2D eigenvalue weighted by Crippen LogP contribution is 2.32. The van der Waals surface area contributed by atoms with Crippen molar-refractivity contribution in [1.82, 2.24) is 5.32 Å². The number of rotatable bonds is 5. The van der Waals surface area contributed by atoms with Crippen LogP contribution in [-0.2, 0) is 15.8 Å². The Balaban J connectivity index is 3.10. The number of nitrogens with one attached hydrogen (secondary N) is 2. The van der Waals surface area contributed by atoms with E-state index in [-0.39, 0.29) is 5.69 Å². The number of benzene rings is 1. The SMILES string of the molecule is CC(=O)Nc1cc(C(=O)NCC(C)(O)C(=O)O)cc(C(F)(F)F)c1. The lowest BCUT2D eigenvalue weighted by molar-refractivity contribution is -0.155. The van der Waals surface area contributed by atoms with Crippen molar-refractivity contribution in [2.45, 2.75) is 25.6 Å². The molecule has 0 aliphatic carbocycles. The van der Waals surface area contributed by atoms with Crippen LogP contribution in [-0.4, -0.2) is 40.1 Å². The molecule has 1 rings (SSSR count). The van der Waals surface area contributed by atoms with Crippen molar-refractivity contribution < 1.29 is 37.8 Å². The van der Waals surface area contributed by atoms with Crippen molar-refractivity contribution >= 4 is 23.5 Å². The first kappa shape index (κ1) is 19.4. The molecular weight excluding hydrogens is 333 g/mol. The molecule has 1 unspecified atom stereocenters. The van der Waals surface area contributed by atoms with Crippen LogP contribution in [0.15, 0.2) is 18.2 Å². The van der Waals surface area contributed by atoms with E-state index in [9.17, 15) is 32.7 Å². The Kier molecular flexibility index (Phi) is 5.56. The van der Waals surface area contributed by atoms with Crippen LogP contribution in [0.25, 0.3) is 0 Å². The first-order valence-corrected chi connectivity index (χ1v) is 6.57. The van der Waals surface area contributed by atoms with E-state index in [1.54, 1.807) is 0 Å². The number of carbonyl (C=O) groups excluding carboxylic acids is 2. The van der Waals surface area contributed by atoms with Crippen LogP contribution in [0.2, 0.25) is 0 Å². The van der Waals surface area contributed by atoms with Gasteiger partial charge in [0, 0.05) is 18.2 Å². The molecule has 0 radical (unpaired) electrons. The highest BCUT2D eigenvalue weighted by atomic mass is 19.4. The maximum atomic E-state index is 12.9. The van der Waals surface area contributed by atoms with Crippen molar-refractivity contribution in [1.29, 1.82) is 0 Å². The smallest absolute Gasteiger partial charge is 0.416 e. The molecule has 132 valence electrons. The van der Waals surface area contributed by atoms with E-state index < -0.39 is 47.2 Å². The van der Waals surface area contributed by atoms with Crippen molar-refractivity contribution in [2.75, 3.05) is 11.9 Å². The van der Waals surface area contributed by atoms with Gasteiger partial charge >= 0.3 is 12.1 Å². The standard InChI is InChI=1S/C14H15F3N2O5/c1-7(20)19-10-4-8(3-9(5-10)14(15,16)17)11(21)18-6-13(2,24)12(22)23/h3-5,24H,6H2,1-2H3,(H,18,21)(H,19,20)(H,22,23). The fourth-order valence-corrected chi connectivity index (χ4v) is 1.63. The summed E-state index contributed by atoms with van der Waals surface area (Å²) in [6.45, 7) is 1.29. The predicted octanol–water partition coefficient (Wildman–Crippen LogP) is 1.23. The van der Waals surface area contributed by atoms with Crippen LogP contribution in [0.5, 0.6) is 0 Å². The van der Waals surface area contributed by atoms with Crippen molar-refractivity contribution in [2.24, 2.45) is 0 Å². The van der Waals surface area contributed by atoms with Gasteiger partial charge in [0.1, 0.15) is 0 Å². The Morgan fingerprint density at radius 3 is 2.21 bits per heavy atom. The molecule has 0 bridgehead atoms. The third kappa shape index (κ3) is 5.23. The summed E-state index contributed by atoms with van der Waals surface area (Å²) in [6, 6.07) is 2.21. The molecule has 1 aromatic carbocycles. The van der Waals surface area contributed by atoms with E-state index in [4.69, 9.17) is 5.11 Å². The number of hydrogen-bond acceptors (Lipinski definition) is 4. The predicted molar refractivity (Wildman–Crippen MR) is 76.3 cm³/mol. The van der Waals surface area contributed by atoms with Crippen molar-refractivity contribution in [3.63, 3.8) is 0 Å². The van der Waals surface area contributed by atoms with Gasteiger partial charge in [-0.2, -0.15) is 13.2 Å². The number of halogens is 3. The Hall–Kier alpha value is -2.62. The molecule has 0 aliphatic rings. The Bertz CT molecular complexity index is 671. The second-order valence-corrected chi connectivity index (χ2v) is 5.24. The molecule has 0 saturated carbocycles. The van der Waals surface area contributed by atoms with Crippen molar-refractivity contribution in [3.8, 4) is 0 Å². The molecule has 2 amide bonds. The second kappa shape index (κ2) is 6.87. The maximum Gasteiger partial charge on any atom is 0.416 e. The van der Waals surface area contributed by atoms with Gasteiger partial charge in [-0.25, -0.2) is 4.79 Å². The number of carbonyl (C=O) groups is 3. The molecule has 1 aromatic rings. The summed E-state index contributed by atoms with van der Waals surface area (Å²) in [6.07, 6.45) is -4.75. The third-order valence-corrected chi connectivity index (χ3v) is 2.90. The summed E-state index contributed by atoms with van der Waals surface area (Å²) in [4.78, 5) is 33.7. The summed E-state index contributed by atoms with van der Waals surface area (Å²) < 4.78 is 38.6. The molecule has 24 heavy (non-hydrogen) atoms. The fourth-order valence-electron chi connectivity index (χ4n) is 1.63. The van der Waals surface area contributed by atoms with Gasteiger partial charge < -0.3 is 20.8 Å². The minimum absolute atomic E-state index is 0.243. The van der Waals surface area contributed by atoms with E-state index >= 15 is 0 Å². The quantitative estimate of drug-likeness (QED) is 0.639. The number of anilines is 1. The van der Waals surface area contributed by atoms with Gasteiger partial charge in [-0.05, 0) is 25.1 Å². The van der Waals surface area contributed by atoms with Gasteiger partial charge in [0.05, 0.1) is 12.1 Å². The van der Waals surface area contributed by atoms with E-state index in [0.717, 1.165) is 19.9 Å². The van der Waals surface area contributed by atoms with E-state index in [0.29, 0.717) is 12.1 Å². The lowest BCUT2D eigenvalue weighted by atomic mass is 10.1. The summed E-state index contributed by atoms with van der Waals surface area (Å²) in [5, 5.41) is 22.4. The van der Waals surface area contributed by atoms with Gasteiger partial charge in [-0.1, -0.05) is 0 Å². The van der Waals surface area contributed by atoms with Gasteiger partial charge in [-0.3, -0.25) is 9.59 Å². The lowest BCUT2D eigenvalue weighted by Crippen LogP contribution is -2.46. The first-order chi connectivity index (χ1) is 10.8. The summed E-state index contributed by atoms with van der Waals surface area (Å²) in [5.41, 5.74) is -4.14. The van der Waals surface area contributed by atoms with Crippen LogP contribution in [0.3, 0.4) is 0 Å². The van der Waals surface area contributed by atoms with Gasteiger partial charge in [0.25, 0.3) is 5.91 Å². The molecule has 4 N–H and O–H groups in total. The van der Waals surface area contributed by atoms with E-state index in [1.807, 2.05) is 5.32 Å². The molecule has 1 atom stereocenters. The molecule has 0 aromatic heterocycles.